The van der Waals surface area contributed by atoms with Gasteiger partial charge in [-0.3, -0.25) is 10.8 Å². The summed E-state index contributed by atoms with van der Waals surface area (Å²) in [6, 6.07) is 4.48. The van der Waals surface area contributed by atoms with Crippen molar-refractivity contribution in [3.05, 3.63) is 23.3 Å². The molecule has 8 heteroatoms. The molecule has 0 atom stereocenters. The van der Waals surface area contributed by atoms with Crippen LogP contribution in [0.15, 0.2) is 17.2 Å². The zero-order valence-corrected chi connectivity index (χ0v) is 10.9. The van der Waals surface area contributed by atoms with Crippen LogP contribution in [0.2, 0.25) is 0 Å². The van der Waals surface area contributed by atoms with Gasteiger partial charge in [-0.1, -0.05) is 0 Å². The molecule has 0 aliphatic heterocycles. The van der Waals surface area contributed by atoms with Crippen molar-refractivity contribution in [1.29, 1.82) is 10.7 Å². The maximum atomic E-state index is 11.2. The predicted molar refractivity (Wildman–Crippen MR) is 73.3 cm³/mol. The summed E-state index contributed by atoms with van der Waals surface area (Å²) in [6.07, 6.45) is 0. The van der Waals surface area contributed by atoms with Gasteiger partial charge in [-0.05, 0) is 24.6 Å². The topological polar surface area (TPSA) is 145 Å². The summed E-state index contributed by atoms with van der Waals surface area (Å²) in [5.41, 5.74) is 8.02. The van der Waals surface area contributed by atoms with Gasteiger partial charge in [0.2, 0.25) is 5.71 Å². The van der Waals surface area contributed by atoms with E-state index >= 15 is 0 Å². The fourth-order valence-corrected chi connectivity index (χ4v) is 1.44. The highest BCUT2D eigenvalue weighted by molar-refractivity contribution is 6.45. The first-order valence-corrected chi connectivity index (χ1v) is 5.40. The number of anilines is 1. The molecule has 0 saturated carbocycles. The molecule has 0 saturated heterocycles. The molecule has 0 unspecified atom stereocenters. The molecule has 1 aromatic carbocycles. The molecule has 0 bridgehead atoms. The fraction of sp³-hybridized carbons (Fsp3) is 0.167. The maximum Gasteiger partial charge on any atom is 0.338 e. The lowest BCUT2D eigenvalue weighted by Gasteiger charge is -2.11. The molecule has 104 valence electrons. The van der Waals surface area contributed by atoms with Gasteiger partial charge in [-0.2, -0.15) is 10.4 Å². The third-order valence-corrected chi connectivity index (χ3v) is 2.41. The van der Waals surface area contributed by atoms with Crippen LogP contribution in [0.3, 0.4) is 0 Å². The highest BCUT2D eigenvalue weighted by Gasteiger charge is 2.14. The highest BCUT2D eigenvalue weighted by atomic mass is 16.5. The van der Waals surface area contributed by atoms with Gasteiger partial charge >= 0.3 is 5.97 Å². The summed E-state index contributed by atoms with van der Waals surface area (Å²) in [5, 5.41) is 28.6. The summed E-state index contributed by atoms with van der Waals surface area (Å²) in [7, 11) is 1.43. The van der Waals surface area contributed by atoms with E-state index in [0.717, 1.165) is 0 Å². The molecule has 0 aliphatic rings. The van der Waals surface area contributed by atoms with Crippen LogP contribution in [0, 0.1) is 23.7 Å². The summed E-state index contributed by atoms with van der Waals surface area (Å²) < 4.78 is 5.04. The number of carbonyl (C=O) groups is 1. The molecule has 8 nitrogen and oxygen atoms in total. The molecule has 0 amide bonds. The maximum absolute atomic E-state index is 11.2. The predicted octanol–water partition coefficient (Wildman–Crippen LogP) is 0.929. The Morgan fingerprint density at radius 3 is 2.70 bits per heavy atom. The Morgan fingerprint density at radius 2 is 2.25 bits per heavy atom. The van der Waals surface area contributed by atoms with Crippen LogP contribution in [0.25, 0.3) is 0 Å². The minimum Gasteiger partial charge on any atom is -0.496 e. The number of nitriles is 1. The van der Waals surface area contributed by atoms with Crippen LogP contribution in [0.1, 0.15) is 15.9 Å². The zero-order chi connectivity index (χ0) is 15.3. The Kier molecular flexibility index (Phi) is 4.64. The monoisotopic (exact) mass is 275 g/mol. The van der Waals surface area contributed by atoms with E-state index < -0.39 is 11.8 Å². The lowest BCUT2D eigenvalue weighted by Crippen LogP contribution is -2.22. The van der Waals surface area contributed by atoms with Crippen LogP contribution < -0.4 is 15.9 Å². The standard InChI is InChI=1S/C12H13N5O3/c1-6-3-8(16-17-9(5-13)11(14)15)7(12(18)19)4-10(6)20-2/h3-4,16H,1-2H3,(H3,14,15)(H,18,19)/b17-9+. The number of hydrogen-bond donors (Lipinski definition) is 4. The number of aryl methyl sites for hydroxylation is 1. The van der Waals surface area contributed by atoms with Gasteiger partial charge in [0.05, 0.1) is 18.4 Å². The summed E-state index contributed by atoms with van der Waals surface area (Å²) in [5.74, 6) is -1.27. The van der Waals surface area contributed by atoms with Crippen molar-refractivity contribution in [2.45, 2.75) is 6.92 Å². The number of hydrogen-bond acceptors (Lipinski definition) is 6. The first-order valence-electron chi connectivity index (χ1n) is 5.40. The van der Waals surface area contributed by atoms with E-state index in [9.17, 15) is 4.79 Å². The number of nitrogens with one attached hydrogen (secondary N) is 2. The van der Waals surface area contributed by atoms with Crippen LogP contribution in [-0.4, -0.2) is 29.7 Å². The van der Waals surface area contributed by atoms with Gasteiger partial charge in [0.1, 0.15) is 11.8 Å². The van der Waals surface area contributed by atoms with E-state index in [1.807, 2.05) is 0 Å². The molecular formula is C12H13N5O3. The third kappa shape index (κ3) is 3.23. The number of hydrazone groups is 1. The van der Waals surface area contributed by atoms with E-state index in [1.165, 1.54) is 19.2 Å². The Hall–Kier alpha value is -3.08. The zero-order valence-electron chi connectivity index (χ0n) is 10.9. The Balaban J connectivity index is 3.25. The number of benzene rings is 1. The molecule has 1 aromatic rings. The number of nitrogens with two attached hydrogens (primary N) is 1. The van der Waals surface area contributed by atoms with Crippen molar-refractivity contribution < 1.29 is 14.6 Å². The molecule has 20 heavy (non-hydrogen) atoms. The summed E-state index contributed by atoms with van der Waals surface area (Å²) in [4.78, 5) is 11.2. The average molecular weight is 275 g/mol. The normalized spacial score (nSPS) is 10.6. The number of ether oxygens (including phenoxy) is 1. The van der Waals surface area contributed by atoms with Crippen LogP contribution >= 0.6 is 0 Å². The summed E-state index contributed by atoms with van der Waals surface area (Å²) in [6.45, 7) is 1.73. The smallest absolute Gasteiger partial charge is 0.338 e. The molecule has 5 N–H and O–H groups in total. The van der Waals surface area contributed by atoms with E-state index in [-0.39, 0.29) is 17.0 Å². The van der Waals surface area contributed by atoms with Crippen molar-refractivity contribution in [3.63, 3.8) is 0 Å². The number of carboxylic acid groups (broad SMARTS) is 1. The first-order chi connectivity index (χ1) is 9.40. The second-order valence-electron chi connectivity index (χ2n) is 3.77. The van der Waals surface area contributed by atoms with Crippen molar-refractivity contribution in [1.82, 2.24) is 0 Å². The van der Waals surface area contributed by atoms with E-state index in [0.29, 0.717) is 11.3 Å². The van der Waals surface area contributed by atoms with Crippen molar-refractivity contribution in [2.24, 2.45) is 10.8 Å². The largest absolute Gasteiger partial charge is 0.496 e. The number of rotatable bonds is 5. The Labute approximate surface area is 115 Å². The number of carboxylic acids is 1. The minimum absolute atomic E-state index is 0.0722. The number of aromatic carboxylic acids is 1. The van der Waals surface area contributed by atoms with Crippen molar-refractivity contribution in [2.75, 3.05) is 12.5 Å². The lowest BCUT2D eigenvalue weighted by atomic mass is 10.1. The molecule has 0 fully saturated rings. The highest BCUT2D eigenvalue weighted by Crippen LogP contribution is 2.26. The molecule has 0 spiro atoms. The molecular weight excluding hydrogens is 262 g/mol. The van der Waals surface area contributed by atoms with Crippen molar-refractivity contribution in [3.8, 4) is 11.8 Å². The fourth-order valence-electron chi connectivity index (χ4n) is 1.44. The Morgan fingerprint density at radius 1 is 1.60 bits per heavy atom. The second kappa shape index (κ2) is 6.19. The number of amidine groups is 1. The molecule has 0 heterocycles. The third-order valence-electron chi connectivity index (χ3n) is 2.41. The molecule has 1 rings (SSSR count). The Bertz CT molecular complexity index is 631. The van der Waals surface area contributed by atoms with Gasteiger partial charge in [0.25, 0.3) is 0 Å². The van der Waals surface area contributed by atoms with Gasteiger partial charge < -0.3 is 15.6 Å². The molecule has 0 radical (unpaired) electrons. The molecule has 0 aromatic heterocycles. The van der Waals surface area contributed by atoms with E-state index in [1.54, 1.807) is 13.0 Å². The minimum atomic E-state index is -1.18. The quantitative estimate of drug-likeness (QED) is 0.357. The summed E-state index contributed by atoms with van der Waals surface area (Å²) >= 11 is 0. The SMILES string of the molecule is COc1cc(C(=O)O)c(N/N=C(\C#N)C(=N)N)cc1C. The number of methoxy groups -OCH3 is 1. The average Bonchev–Trinajstić information content (AvgIpc) is 2.38. The van der Waals surface area contributed by atoms with Gasteiger partial charge in [-0.15, -0.1) is 0 Å². The van der Waals surface area contributed by atoms with E-state index in [2.05, 4.69) is 10.5 Å². The van der Waals surface area contributed by atoms with Crippen LogP contribution in [0.5, 0.6) is 5.75 Å². The molecule has 0 aliphatic carbocycles. The van der Waals surface area contributed by atoms with Gasteiger partial charge in [-0.25, -0.2) is 4.79 Å². The van der Waals surface area contributed by atoms with Gasteiger partial charge in [0, 0.05) is 0 Å². The first kappa shape index (κ1) is 15.0. The van der Waals surface area contributed by atoms with Crippen LogP contribution in [0.4, 0.5) is 5.69 Å². The van der Waals surface area contributed by atoms with Crippen LogP contribution in [-0.2, 0) is 0 Å². The lowest BCUT2D eigenvalue weighted by molar-refractivity contribution is 0.0697. The van der Waals surface area contributed by atoms with Gasteiger partial charge in [0.15, 0.2) is 5.84 Å². The van der Waals surface area contributed by atoms with E-state index in [4.69, 9.17) is 26.2 Å². The second-order valence-corrected chi connectivity index (χ2v) is 3.77. The number of nitrogens with zero attached hydrogens (tertiary/aromatic N) is 2. The van der Waals surface area contributed by atoms with Crippen molar-refractivity contribution >= 4 is 23.2 Å².